The maximum atomic E-state index is 11.5. The number of carbonyl (C=O) groups is 1. The number of aromatic nitrogens is 1. The number of hydrogen-bond acceptors (Lipinski definition) is 5. The summed E-state index contributed by atoms with van der Waals surface area (Å²) in [5.74, 6) is -0.00567. The zero-order chi connectivity index (χ0) is 15.9. The number of thiazole rings is 1. The molecule has 0 fully saturated rings. The second-order valence-corrected chi connectivity index (χ2v) is 5.75. The first kappa shape index (κ1) is 16.6. The van der Waals surface area contributed by atoms with Crippen LogP contribution in [0.1, 0.15) is 31.1 Å². The molecular formula is C16H21N3O2S. The summed E-state index contributed by atoms with van der Waals surface area (Å²) in [6.45, 7) is 4.65. The Bertz CT molecular complexity index is 600. The van der Waals surface area contributed by atoms with Crippen LogP contribution < -0.4 is 10.2 Å². The Hall–Kier alpha value is -1.76. The SMILES string of the molecule is CCN(C(C)=O)c1nc(CNC(CO)c2ccccc2)cs1. The van der Waals surface area contributed by atoms with Crippen LogP contribution in [0, 0.1) is 0 Å². The van der Waals surface area contributed by atoms with Gasteiger partial charge < -0.3 is 10.4 Å². The van der Waals surface area contributed by atoms with Gasteiger partial charge in [-0.2, -0.15) is 0 Å². The minimum Gasteiger partial charge on any atom is -0.394 e. The van der Waals surface area contributed by atoms with Gasteiger partial charge in [0.2, 0.25) is 5.91 Å². The van der Waals surface area contributed by atoms with Crippen LogP contribution in [0.25, 0.3) is 0 Å². The maximum absolute atomic E-state index is 11.5. The smallest absolute Gasteiger partial charge is 0.225 e. The topological polar surface area (TPSA) is 65.5 Å². The van der Waals surface area contributed by atoms with Crippen molar-refractivity contribution in [2.75, 3.05) is 18.1 Å². The normalized spacial score (nSPS) is 12.1. The van der Waals surface area contributed by atoms with Crippen molar-refractivity contribution < 1.29 is 9.90 Å². The summed E-state index contributed by atoms with van der Waals surface area (Å²) in [6.07, 6.45) is 0. The Labute approximate surface area is 134 Å². The van der Waals surface area contributed by atoms with E-state index in [1.54, 1.807) is 11.8 Å². The lowest BCUT2D eigenvalue weighted by molar-refractivity contribution is -0.116. The van der Waals surface area contributed by atoms with Gasteiger partial charge in [0.25, 0.3) is 0 Å². The molecule has 5 nitrogen and oxygen atoms in total. The summed E-state index contributed by atoms with van der Waals surface area (Å²) in [4.78, 5) is 17.7. The molecule has 22 heavy (non-hydrogen) atoms. The third kappa shape index (κ3) is 4.13. The van der Waals surface area contributed by atoms with Gasteiger partial charge in [0, 0.05) is 25.4 Å². The molecular weight excluding hydrogens is 298 g/mol. The Morgan fingerprint density at radius 1 is 1.41 bits per heavy atom. The number of hydrogen-bond donors (Lipinski definition) is 2. The van der Waals surface area contributed by atoms with Crippen molar-refractivity contribution >= 4 is 22.4 Å². The van der Waals surface area contributed by atoms with E-state index < -0.39 is 0 Å². The van der Waals surface area contributed by atoms with Gasteiger partial charge >= 0.3 is 0 Å². The molecule has 0 bridgehead atoms. The van der Waals surface area contributed by atoms with E-state index in [0.717, 1.165) is 11.3 Å². The molecule has 2 N–H and O–H groups in total. The molecule has 2 rings (SSSR count). The van der Waals surface area contributed by atoms with Gasteiger partial charge in [-0.3, -0.25) is 9.69 Å². The largest absolute Gasteiger partial charge is 0.394 e. The van der Waals surface area contributed by atoms with Crippen molar-refractivity contribution in [3.63, 3.8) is 0 Å². The van der Waals surface area contributed by atoms with Crippen LogP contribution in [0.5, 0.6) is 0 Å². The summed E-state index contributed by atoms with van der Waals surface area (Å²) in [7, 11) is 0. The average molecular weight is 319 g/mol. The van der Waals surface area contributed by atoms with Crippen LogP contribution in [0.15, 0.2) is 35.7 Å². The second-order valence-electron chi connectivity index (χ2n) is 4.91. The Morgan fingerprint density at radius 3 is 2.73 bits per heavy atom. The molecule has 1 aromatic carbocycles. The quantitative estimate of drug-likeness (QED) is 0.822. The Balaban J connectivity index is 1.99. The highest BCUT2D eigenvalue weighted by molar-refractivity contribution is 7.14. The maximum Gasteiger partial charge on any atom is 0.225 e. The first-order valence-electron chi connectivity index (χ1n) is 7.27. The fourth-order valence-corrected chi connectivity index (χ4v) is 3.13. The van der Waals surface area contributed by atoms with E-state index in [1.165, 1.54) is 11.3 Å². The summed E-state index contributed by atoms with van der Waals surface area (Å²) in [6, 6.07) is 9.69. The number of benzene rings is 1. The van der Waals surface area contributed by atoms with E-state index in [9.17, 15) is 9.90 Å². The standard InChI is InChI=1S/C16H21N3O2S/c1-3-19(12(2)21)16-18-14(11-22-16)9-17-15(10-20)13-7-5-4-6-8-13/h4-8,11,15,17,20H,3,9-10H2,1-2H3. The highest BCUT2D eigenvalue weighted by atomic mass is 32.1. The van der Waals surface area contributed by atoms with Crippen LogP contribution in [0.3, 0.4) is 0 Å². The number of amides is 1. The third-order valence-electron chi connectivity index (χ3n) is 3.38. The highest BCUT2D eigenvalue weighted by Crippen LogP contribution is 2.21. The number of aliphatic hydroxyl groups excluding tert-OH is 1. The van der Waals surface area contributed by atoms with Crippen LogP contribution in [-0.2, 0) is 11.3 Å². The predicted octanol–water partition coefficient (Wildman–Crippen LogP) is 2.34. The number of nitrogens with zero attached hydrogens (tertiary/aromatic N) is 2. The summed E-state index contributed by atoms with van der Waals surface area (Å²) < 4.78 is 0. The van der Waals surface area contributed by atoms with E-state index in [4.69, 9.17) is 0 Å². The number of rotatable bonds is 7. The van der Waals surface area contributed by atoms with Gasteiger partial charge in [0.15, 0.2) is 5.13 Å². The lowest BCUT2D eigenvalue weighted by atomic mass is 10.1. The van der Waals surface area contributed by atoms with Crippen molar-refractivity contribution in [3.8, 4) is 0 Å². The van der Waals surface area contributed by atoms with Crippen LogP contribution in [-0.4, -0.2) is 29.1 Å². The predicted molar refractivity (Wildman–Crippen MR) is 88.9 cm³/mol. The monoisotopic (exact) mass is 319 g/mol. The molecule has 1 amide bonds. The van der Waals surface area contributed by atoms with Gasteiger partial charge in [0.1, 0.15) is 0 Å². The molecule has 0 aliphatic carbocycles. The molecule has 1 heterocycles. The zero-order valence-electron chi connectivity index (χ0n) is 12.8. The van der Waals surface area contributed by atoms with Crippen LogP contribution >= 0.6 is 11.3 Å². The zero-order valence-corrected chi connectivity index (χ0v) is 13.6. The molecule has 1 unspecified atom stereocenters. The van der Waals surface area contributed by atoms with Crippen molar-refractivity contribution in [1.82, 2.24) is 10.3 Å². The average Bonchev–Trinajstić information content (AvgIpc) is 2.98. The molecule has 1 aromatic heterocycles. The van der Waals surface area contributed by atoms with Crippen molar-refractivity contribution in [1.29, 1.82) is 0 Å². The Kier molecular flexibility index (Phi) is 6.06. The van der Waals surface area contributed by atoms with E-state index in [2.05, 4.69) is 10.3 Å². The molecule has 6 heteroatoms. The van der Waals surface area contributed by atoms with E-state index >= 15 is 0 Å². The van der Waals surface area contributed by atoms with Crippen molar-refractivity contribution in [2.24, 2.45) is 0 Å². The fourth-order valence-electron chi connectivity index (χ4n) is 2.19. The summed E-state index contributed by atoms with van der Waals surface area (Å²) in [5, 5.41) is 15.5. The molecule has 0 spiro atoms. The minimum atomic E-state index is -0.124. The third-order valence-corrected chi connectivity index (χ3v) is 4.29. The highest BCUT2D eigenvalue weighted by Gasteiger charge is 2.14. The number of anilines is 1. The molecule has 1 atom stereocenters. The molecule has 0 aliphatic rings. The van der Waals surface area contributed by atoms with E-state index in [1.807, 2.05) is 42.6 Å². The van der Waals surface area contributed by atoms with Crippen LogP contribution in [0.2, 0.25) is 0 Å². The van der Waals surface area contributed by atoms with Crippen molar-refractivity contribution in [2.45, 2.75) is 26.4 Å². The van der Waals surface area contributed by atoms with E-state index in [0.29, 0.717) is 18.2 Å². The lowest BCUT2D eigenvalue weighted by Gasteiger charge is -2.16. The van der Waals surface area contributed by atoms with Gasteiger partial charge in [-0.25, -0.2) is 4.98 Å². The van der Waals surface area contributed by atoms with Gasteiger partial charge in [-0.1, -0.05) is 30.3 Å². The van der Waals surface area contributed by atoms with Gasteiger partial charge in [-0.15, -0.1) is 11.3 Å². The molecule has 2 aromatic rings. The molecule has 118 valence electrons. The molecule has 0 radical (unpaired) electrons. The number of aliphatic hydroxyl groups is 1. The summed E-state index contributed by atoms with van der Waals surface area (Å²) >= 11 is 1.46. The minimum absolute atomic E-state index is 0.00567. The summed E-state index contributed by atoms with van der Waals surface area (Å²) in [5.41, 5.74) is 1.91. The fraction of sp³-hybridized carbons (Fsp3) is 0.375. The first-order chi connectivity index (χ1) is 10.7. The number of nitrogens with one attached hydrogen (secondary N) is 1. The number of carbonyl (C=O) groups excluding carboxylic acids is 1. The second kappa shape index (κ2) is 8.03. The molecule has 0 saturated carbocycles. The van der Waals surface area contributed by atoms with E-state index in [-0.39, 0.29) is 18.6 Å². The van der Waals surface area contributed by atoms with Crippen LogP contribution in [0.4, 0.5) is 5.13 Å². The molecule has 0 saturated heterocycles. The van der Waals surface area contributed by atoms with Gasteiger partial charge in [0.05, 0.1) is 18.3 Å². The van der Waals surface area contributed by atoms with Crippen molar-refractivity contribution in [3.05, 3.63) is 47.0 Å². The Morgan fingerprint density at radius 2 is 2.14 bits per heavy atom. The lowest BCUT2D eigenvalue weighted by Crippen LogP contribution is -2.28. The molecule has 0 aliphatic heterocycles. The van der Waals surface area contributed by atoms with Gasteiger partial charge in [-0.05, 0) is 12.5 Å². The first-order valence-corrected chi connectivity index (χ1v) is 8.15.